The Morgan fingerprint density at radius 1 is 0.952 bits per heavy atom. The molecule has 0 heterocycles. The minimum absolute atomic E-state index is 0.0551. The molecule has 3 aromatic rings. The second kappa shape index (κ2) is 13.6. The van der Waals surface area contributed by atoms with Crippen LogP contribution in [-0.4, -0.2) is 50.7 Å². The van der Waals surface area contributed by atoms with Gasteiger partial charge in [-0.05, 0) is 88.6 Å². The van der Waals surface area contributed by atoms with Crippen LogP contribution in [0.5, 0.6) is 11.5 Å². The van der Waals surface area contributed by atoms with Crippen molar-refractivity contribution >= 4 is 35.2 Å². The number of halogens is 1. The molecule has 0 aliphatic carbocycles. The minimum atomic E-state index is -1.21. The van der Waals surface area contributed by atoms with Gasteiger partial charge in [-0.1, -0.05) is 48.0 Å². The lowest BCUT2D eigenvalue weighted by atomic mass is 9.98. The average molecular weight is 596 g/mol. The Labute approximate surface area is 251 Å². The van der Waals surface area contributed by atoms with E-state index in [1.165, 1.54) is 29.2 Å². The summed E-state index contributed by atoms with van der Waals surface area (Å²) >= 11 is 6.40. The van der Waals surface area contributed by atoms with Gasteiger partial charge in [0, 0.05) is 12.5 Å². The lowest BCUT2D eigenvalue weighted by molar-refractivity contribution is -0.142. The third-order valence-corrected chi connectivity index (χ3v) is 6.67. The van der Waals surface area contributed by atoms with E-state index in [0.717, 1.165) is 5.56 Å². The van der Waals surface area contributed by atoms with E-state index >= 15 is 0 Å². The summed E-state index contributed by atoms with van der Waals surface area (Å²) in [4.78, 5) is 42.7. The maximum atomic E-state index is 14.4. The van der Waals surface area contributed by atoms with Crippen molar-refractivity contribution < 1.29 is 29.3 Å². The number of hydrogen-bond acceptors (Lipinski definition) is 6. The van der Waals surface area contributed by atoms with Gasteiger partial charge in [0.15, 0.2) is 0 Å². The third-order valence-electron chi connectivity index (χ3n) is 6.36. The van der Waals surface area contributed by atoms with Crippen LogP contribution >= 0.6 is 11.6 Å². The molecular weight excluding hydrogens is 558 g/mol. The molecule has 0 saturated heterocycles. The molecule has 0 radical (unpaired) electrons. The van der Waals surface area contributed by atoms with Gasteiger partial charge in [-0.25, -0.2) is 4.79 Å². The van der Waals surface area contributed by atoms with E-state index in [-0.39, 0.29) is 17.9 Å². The Balaban J connectivity index is 2.08. The number of benzene rings is 3. The van der Waals surface area contributed by atoms with E-state index in [1.807, 2.05) is 0 Å². The molecular formula is C32H38ClN3O6. The number of ether oxygens (including phenoxy) is 1. The molecule has 0 fully saturated rings. The quantitative estimate of drug-likeness (QED) is 0.236. The predicted octanol–water partition coefficient (Wildman–Crippen LogP) is 6.11. The lowest BCUT2D eigenvalue weighted by Crippen LogP contribution is -2.55. The summed E-state index contributed by atoms with van der Waals surface area (Å²) in [6.07, 6.45) is -0.743. The zero-order valence-corrected chi connectivity index (χ0v) is 25.4. The first-order valence-electron chi connectivity index (χ1n) is 13.6. The molecule has 224 valence electrons. The number of phenols is 2. The number of para-hydroxylation sites is 1. The third kappa shape index (κ3) is 8.63. The molecule has 0 aliphatic rings. The normalized spacial score (nSPS) is 12.8. The van der Waals surface area contributed by atoms with Gasteiger partial charge in [-0.2, -0.15) is 0 Å². The van der Waals surface area contributed by atoms with Gasteiger partial charge >= 0.3 is 6.09 Å². The maximum Gasteiger partial charge on any atom is 0.408 e. The smallest absolute Gasteiger partial charge is 0.408 e. The second-order valence-corrected chi connectivity index (χ2v) is 11.7. The van der Waals surface area contributed by atoms with Crippen molar-refractivity contribution in [3.63, 3.8) is 0 Å². The largest absolute Gasteiger partial charge is 0.508 e. The molecule has 42 heavy (non-hydrogen) atoms. The van der Waals surface area contributed by atoms with Gasteiger partial charge in [0.25, 0.3) is 5.91 Å². The number of nitrogens with one attached hydrogen (secondary N) is 2. The number of anilines is 1. The molecule has 0 aromatic heterocycles. The number of alkyl carbamates (subject to hydrolysis) is 1. The number of carbonyl (C=O) groups is 3. The summed E-state index contributed by atoms with van der Waals surface area (Å²) < 4.78 is 5.44. The lowest BCUT2D eigenvalue weighted by Gasteiger charge is -2.37. The molecule has 10 heteroatoms. The van der Waals surface area contributed by atoms with Gasteiger partial charge in [-0.15, -0.1) is 0 Å². The molecule has 0 bridgehead atoms. The van der Waals surface area contributed by atoms with E-state index in [2.05, 4.69) is 10.6 Å². The number of amides is 3. The summed E-state index contributed by atoms with van der Waals surface area (Å²) in [5, 5.41) is 25.9. The van der Waals surface area contributed by atoms with Crippen molar-refractivity contribution in [1.29, 1.82) is 0 Å². The molecule has 9 nitrogen and oxygen atoms in total. The Bertz CT molecular complexity index is 1400. The molecule has 0 aliphatic heterocycles. The van der Waals surface area contributed by atoms with E-state index in [1.54, 1.807) is 84.0 Å². The van der Waals surface area contributed by atoms with Gasteiger partial charge in [-0.3, -0.25) is 9.59 Å². The summed E-state index contributed by atoms with van der Waals surface area (Å²) in [5.41, 5.74) is 1.34. The molecule has 2 unspecified atom stereocenters. The highest BCUT2D eigenvalue weighted by Gasteiger charge is 2.38. The molecule has 2 atom stereocenters. The molecule has 3 rings (SSSR count). The Hall–Kier alpha value is -4.24. The maximum absolute atomic E-state index is 14.4. The summed E-state index contributed by atoms with van der Waals surface area (Å²) in [6.45, 7) is 10.4. The van der Waals surface area contributed by atoms with Crippen molar-refractivity contribution in [1.82, 2.24) is 10.2 Å². The van der Waals surface area contributed by atoms with E-state index in [0.29, 0.717) is 21.8 Å². The number of nitrogens with zero attached hydrogens (tertiary/aromatic N) is 1. The molecule has 0 saturated carbocycles. The number of phenolic OH excluding ortho intramolecular Hbond substituents is 2. The number of carbonyl (C=O) groups excluding carboxylic acids is 3. The summed E-state index contributed by atoms with van der Waals surface area (Å²) in [5.74, 6) is -1.13. The highest BCUT2D eigenvalue weighted by atomic mass is 35.5. The van der Waals surface area contributed by atoms with Crippen molar-refractivity contribution in [3.05, 3.63) is 88.4 Å². The van der Waals surface area contributed by atoms with Crippen LogP contribution in [0.15, 0.2) is 66.7 Å². The average Bonchev–Trinajstić information content (AvgIpc) is 2.88. The SMILES string of the molecule is Cc1cccc(Cl)c1NC(=O)C(c1cccc(O)c1)N(C(=O)C(Cc1ccc(O)cc1)NC(=O)OC(C)(C)C)C(C)C. The number of aryl methyl sites for hydroxylation is 1. The van der Waals surface area contributed by atoms with Crippen LogP contribution in [-0.2, 0) is 20.7 Å². The number of hydrogen-bond donors (Lipinski definition) is 4. The van der Waals surface area contributed by atoms with Crippen molar-refractivity contribution in [2.45, 2.75) is 71.7 Å². The van der Waals surface area contributed by atoms with Crippen molar-refractivity contribution in [2.24, 2.45) is 0 Å². The fourth-order valence-corrected chi connectivity index (χ4v) is 4.76. The number of aromatic hydroxyl groups is 2. The van der Waals surface area contributed by atoms with Gasteiger partial charge in [0.2, 0.25) is 5.91 Å². The molecule has 3 aromatic carbocycles. The standard InChI is InChI=1S/C32H38ClN3O6/c1-19(2)36(30(40)26(34-31(41)42-32(4,5)6)17-21-13-15-23(37)16-14-21)28(22-10-8-11-24(38)18-22)29(39)35-27-20(3)9-7-12-25(27)33/h7-16,18-19,26,28,37-38H,17H2,1-6H3,(H,34,41)(H,35,39). The molecule has 4 N–H and O–H groups in total. The highest BCUT2D eigenvalue weighted by Crippen LogP contribution is 2.31. The Morgan fingerprint density at radius 3 is 2.17 bits per heavy atom. The van der Waals surface area contributed by atoms with Crippen LogP contribution in [0.1, 0.15) is 57.4 Å². The van der Waals surface area contributed by atoms with Crippen LogP contribution < -0.4 is 10.6 Å². The Kier molecular flexibility index (Phi) is 10.5. The van der Waals surface area contributed by atoms with E-state index in [4.69, 9.17) is 16.3 Å². The first kappa shape index (κ1) is 32.3. The van der Waals surface area contributed by atoms with Gasteiger partial charge in [0.1, 0.15) is 29.2 Å². The fourth-order valence-electron chi connectivity index (χ4n) is 4.49. The summed E-state index contributed by atoms with van der Waals surface area (Å²) in [7, 11) is 0. The predicted molar refractivity (Wildman–Crippen MR) is 163 cm³/mol. The van der Waals surface area contributed by atoms with E-state index < -0.39 is 41.6 Å². The second-order valence-electron chi connectivity index (χ2n) is 11.3. The van der Waals surface area contributed by atoms with Crippen LogP contribution in [0.2, 0.25) is 5.02 Å². The highest BCUT2D eigenvalue weighted by molar-refractivity contribution is 6.34. The first-order valence-corrected chi connectivity index (χ1v) is 14.0. The van der Waals surface area contributed by atoms with Gasteiger partial charge in [0.05, 0.1) is 10.7 Å². The van der Waals surface area contributed by atoms with Gasteiger partial charge < -0.3 is 30.5 Å². The fraction of sp³-hybridized carbons (Fsp3) is 0.344. The van der Waals surface area contributed by atoms with Crippen LogP contribution in [0.25, 0.3) is 0 Å². The summed E-state index contributed by atoms with van der Waals surface area (Å²) in [6, 6.07) is 14.7. The topological polar surface area (TPSA) is 128 Å². The van der Waals surface area contributed by atoms with Crippen molar-refractivity contribution in [3.8, 4) is 11.5 Å². The minimum Gasteiger partial charge on any atom is -0.508 e. The number of rotatable bonds is 9. The van der Waals surface area contributed by atoms with Crippen LogP contribution in [0, 0.1) is 6.92 Å². The molecule has 3 amide bonds. The van der Waals surface area contributed by atoms with Crippen LogP contribution in [0.4, 0.5) is 10.5 Å². The monoisotopic (exact) mass is 595 g/mol. The first-order chi connectivity index (χ1) is 19.7. The Morgan fingerprint density at radius 2 is 1.60 bits per heavy atom. The zero-order chi connectivity index (χ0) is 31.2. The van der Waals surface area contributed by atoms with Crippen molar-refractivity contribution in [2.75, 3.05) is 5.32 Å². The molecule has 0 spiro atoms. The van der Waals surface area contributed by atoms with E-state index in [9.17, 15) is 24.6 Å². The van der Waals surface area contributed by atoms with Crippen LogP contribution in [0.3, 0.4) is 0 Å². The zero-order valence-electron chi connectivity index (χ0n) is 24.6.